The Morgan fingerprint density at radius 1 is 0.875 bits per heavy atom. The zero-order valence-electron chi connectivity index (χ0n) is 22.5. The highest BCUT2D eigenvalue weighted by molar-refractivity contribution is 7.92. The van der Waals surface area contributed by atoms with E-state index in [1.807, 2.05) is 13.8 Å². The molecule has 3 aromatic rings. The van der Waals surface area contributed by atoms with Gasteiger partial charge in [-0.3, -0.25) is 13.9 Å². The topological polar surface area (TPSA) is 86.8 Å². The first-order chi connectivity index (χ1) is 18.9. The number of hydrogen-bond acceptors (Lipinski definition) is 4. The van der Waals surface area contributed by atoms with Gasteiger partial charge in [0.15, 0.2) is 0 Å². The van der Waals surface area contributed by atoms with E-state index in [2.05, 4.69) is 5.32 Å². The second-order valence-electron chi connectivity index (χ2n) is 9.61. The summed E-state index contributed by atoms with van der Waals surface area (Å²) >= 11 is 18.7. The highest BCUT2D eigenvalue weighted by atomic mass is 35.5. The van der Waals surface area contributed by atoms with Gasteiger partial charge >= 0.3 is 0 Å². The van der Waals surface area contributed by atoms with Crippen molar-refractivity contribution in [2.24, 2.45) is 5.92 Å². The van der Waals surface area contributed by atoms with Crippen molar-refractivity contribution in [1.82, 2.24) is 10.2 Å². The zero-order chi connectivity index (χ0) is 29.4. The minimum absolute atomic E-state index is 0.000436. The molecule has 7 nitrogen and oxygen atoms in total. The molecular weight excluding hydrogens is 593 g/mol. The van der Waals surface area contributed by atoms with E-state index in [1.54, 1.807) is 61.5 Å². The lowest BCUT2D eigenvalue weighted by atomic mass is 10.1. The number of anilines is 1. The number of carbonyl (C=O) groups is 2. The lowest BCUT2D eigenvalue weighted by Gasteiger charge is -2.33. The number of benzene rings is 3. The first-order valence-corrected chi connectivity index (χ1v) is 15.4. The van der Waals surface area contributed by atoms with Gasteiger partial charge in [-0.05, 0) is 54.3 Å². The molecule has 0 aliphatic carbocycles. The van der Waals surface area contributed by atoms with Crippen molar-refractivity contribution < 1.29 is 18.0 Å². The van der Waals surface area contributed by atoms with Crippen LogP contribution in [0.1, 0.15) is 32.8 Å². The molecule has 3 rings (SSSR count). The van der Waals surface area contributed by atoms with E-state index in [0.29, 0.717) is 28.6 Å². The van der Waals surface area contributed by atoms with Crippen LogP contribution in [0.2, 0.25) is 15.1 Å². The largest absolute Gasteiger partial charge is 0.354 e. The molecule has 0 heterocycles. The summed E-state index contributed by atoms with van der Waals surface area (Å²) in [6.07, 6.45) is 0.300. The molecule has 0 spiro atoms. The molecule has 0 aliphatic rings. The Balaban J connectivity index is 2.06. The minimum Gasteiger partial charge on any atom is -0.354 e. The van der Waals surface area contributed by atoms with Gasteiger partial charge in [0.1, 0.15) is 12.6 Å². The van der Waals surface area contributed by atoms with Crippen molar-refractivity contribution in [3.05, 3.63) is 93.4 Å². The van der Waals surface area contributed by atoms with Gasteiger partial charge in [-0.1, -0.05) is 92.0 Å². The fraction of sp³-hybridized carbons (Fsp3) is 0.310. The quantitative estimate of drug-likeness (QED) is 0.252. The SMILES string of the molecule is CC[C@H](C(=O)NCC(C)C)N(Cc1ccc(Cl)c(Cl)c1)C(=O)CN(c1ccccc1Cl)S(=O)(=O)c1ccccc1. The molecule has 0 unspecified atom stereocenters. The Labute approximate surface area is 251 Å². The third-order valence-corrected chi connectivity index (χ3v) is 8.97. The lowest BCUT2D eigenvalue weighted by molar-refractivity contribution is -0.140. The normalized spacial score (nSPS) is 12.2. The van der Waals surface area contributed by atoms with Crippen LogP contribution in [0.25, 0.3) is 0 Å². The van der Waals surface area contributed by atoms with Gasteiger partial charge in [-0.2, -0.15) is 0 Å². The Morgan fingerprint density at radius 3 is 2.12 bits per heavy atom. The molecule has 0 saturated carbocycles. The van der Waals surface area contributed by atoms with Crippen molar-refractivity contribution in [2.45, 2.75) is 44.7 Å². The molecule has 1 atom stereocenters. The Kier molecular flexibility index (Phi) is 11.3. The number of rotatable bonds is 12. The van der Waals surface area contributed by atoms with Crippen LogP contribution in [0.3, 0.4) is 0 Å². The fourth-order valence-electron chi connectivity index (χ4n) is 4.06. The standard InChI is InChI=1S/C29H32Cl3N3O4S/c1-4-26(29(37)33-17-20(2)3)34(18-21-14-15-23(30)25(32)16-21)28(36)19-35(27-13-9-8-12-24(27)31)40(38,39)22-10-6-5-7-11-22/h5-16,20,26H,4,17-19H2,1-3H3,(H,33,37)/t26-/m1/s1. The lowest BCUT2D eigenvalue weighted by Crippen LogP contribution is -2.52. The molecular formula is C29H32Cl3N3O4S. The molecule has 2 amide bonds. The Hall–Kier alpha value is -2.78. The highest BCUT2D eigenvalue weighted by Crippen LogP contribution is 2.31. The van der Waals surface area contributed by atoms with E-state index in [0.717, 1.165) is 4.31 Å². The van der Waals surface area contributed by atoms with Crippen LogP contribution in [0, 0.1) is 5.92 Å². The van der Waals surface area contributed by atoms with Gasteiger partial charge in [-0.25, -0.2) is 8.42 Å². The summed E-state index contributed by atoms with van der Waals surface area (Å²) in [5, 5.41) is 3.70. The van der Waals surface area contributed by atoms with Crippen molar-refractivity contribution in [3.63, 3.8) is 0 Å². The second-order valence-corrected chi connectivity index (χ2v) is 12.7. The van der Waals surface area contributed by atoms with Gasteiger partial charge in [0.05, 0.1) is 25.7 Å². The number of amides is 2. The number of carbonyl (C=O) groups excluding carboxylic acids is 2. The van der Waals surface area contributed by atoms with E-state index >= 15 is 0 Å². The average molecular weight is 625 g/mol. The van der Waals surface area contributed by atoms with E-state index < -0.39 is 28.5 Å². The average Bonchev–Trinajstić information content (AvgIpc) is 2.93. The maximum Gasteiger partial charge on any atom is 0.264 e. The van der Waals surface area contributed by atoms with Crippen LogP contribution in [-0.2, 0) is 26.2 Å². The summed E-state index contributed by atoms with van der Waals surface area (Å²) in [7, 11) is -4.20. The van der Waals surface area contributed by atoms with Crippen molar-refractivity contribution >= 4 is 62.3 Å². The molecule has 0 aliphatic heterocycles. The first kappa shape index (κ1) is 31.7. The van der Waals surface area contributed by atoms with Crippen LogP contribution >= 0.6 is 34.8 Å². The zero-order valence-corrected chi connectivity index (χ0v) is 25.6. The number of hydrogen-bond donors (Lipinski definition) is 1. The van der Waals surface area contributed by atoms with Gasteiger partial charge in [0, 0.05) is 13.1 Å². The minimum atomic E-state index is -4.20. The summed E-state index contributed by atoms with van der Waals surface area (Å²) in [4.78, 5) is 28.7. The molecule has 214 valence electrons. The summed E-state index contributed by atoms with van der Waals surface area (Å²) in [5.41, 5.74) is 0.779. The number of sulfonamides is 1. The molecule has 0 saturated heterocycles. The summed E-state index contributed by atoms with van der Waals surface area (Å²) in [6, 6.07) is 18.3. The molecule has 0 radical (unpaired) electrons. The summed E-state index contributed by atoms with van der Waals surface area (Å²) in [5.74, 6) is -0.718. The summed E-state index contributed by atoms with van der Waals surface area (Å²) in [6.45, 7) is 5.58. The van der Waals surface area contributed by atoms with Gasteiger partial charge < -0.3 is 10.2 Å². The van der Waals surface area contributed by atoms with Crippen molar-refractivity contribution in [1.29, 1.82) is 0 Å². The maximum atomic E-state index is 14.1. The third kappa shape index (κ3) is 7.91. The monoisotopic (exact) mass is 623 g/mol. The highest BCUT2D eigenvalue weighted by Gasteiger charge is 2.34. The second kappa shape index (κ2) is 14.2. The van der Waals surface area contributed by atoms with Gasteiger partial charge in [-0.15, -0.1) is 0 Å². The Bertz CT molecular complexity index is 1440. The Morgan fingerprint density at radius 2 is 1.52 bits per heavy atom. The molecule has 1 N–H and O–H groups in total. The number of nitrogens with zero attached hydrogens (tertiary/aromatic N) is 2. The van der Waals surface area contributed by atoms with E-state index in [-0.39, 0.29) is 34.0 Å². The predicted molar refractivity (Wildman–Crippen MR) is 161 cm³/mol. The molecule has 0 aromatic heterocycles. The van der Waals surface area contributed by atoms with Crippen molar-refractivity contribution in [3.8, 4) is 0 Å². The molecule has 0 fully saturated rings. The first-order valence-electron chi connectivity index (χ1n) is 12.8. The third-order valence-electron chi connectivity index (χ3n) is 6.14. The summed E-state index contributed by atoms with van der Waals surface area (Å²) < 4.78 is 28.6. The van der Waals surface area contributed by atoms with Crippen LogP contribution in [0.15, 0.2) is 77.7 Å². The smallest absolute Gasteiger partial charge is 0.264 e. The molecule has 40 heavy (non-hydrogen) atoms. The molecule has 3 aromatic carbocycles. The predicted octanol–water partition coefficient (Wildman–Crippen LogP) is 6.42. The number of halogens is 3. The van der Waals surface area contributed by atoms with Gasteiger partial charge in [0.25, 0.3) is 10.0 Å². The number of nitrogens with one attached hydrogen (secondary N) is 1. The fourth-order valence-corrected chi connectivity index (χ4v) is 6.13. The van der Waals surface area contributed by atoms with Crippen LogP contribution in [0.4, 0.5) is 5.69 Å². The number of para-hydroxylation sites is 1. The van der Waals surface area contributed by atoms with E-state index in [9.17, 15) is 18.0 Å². The van der Waals surface area contributed by atoms with E-state index in [1.165, 1.54) is 23.1 Å². The van der Waals surface area contributed by atoms with Crippen molar-refractivity contribution in [2.75, 3.05) is 17.4 Å². The van der Waals surface area contributed by atoms with Gasteiger partial charge in [0.2, 0.25) is 11.8 Å². The molecule has 11 heteroatoms. The van der Waals surface area contributed by atoms with Crippen LogP contribution < -0.4 is 9.62 Å². The van der Waals surface area contributed by atoms with E-state index in [4.69, 9.17) is 34.8 Å². The van der Waals surface area contributed by atoms with Crippen LogP contribution in [-0.4, -0.2) is 44.3 Å². The van der Waals surface area contributed by atoms with Crippen LogP contribution in [0.5, 0.6) is 0 Å². The molecule has 0 bridgehead atoms. The maximum absolute atomic E-state index is 14.1.